The highest BCUT2D eigenvalue weighted by molar-refractivity contribution is 7.99. The molecule has 0 radical (unpaired) electrons. The topological polar surface area (TPSA) is 83.8 Å². The SMILES string of the molecule is CNC(C)c1cc(F)ccc1Sc1nc(N)cc(=O)[nH]1. The van der Waals surface area contributed by atoms with Crippen LogP contribution in [0.2, 0.25) is 0 Å². The number of hydrogen-bond acceptors (Lipinski definition) is 5. The molecule has 0 aliphatic heterocycles. The molecule has 0 saturated carbocycles. The fourth-order valence-corrected chi connectivity index (χ4v) is 2.71. The molecule has 0 fully saturated rings. The van der Waals surface area contributed by atoms with Gasteiger partial charge in [-0.25, -0.2) is 9.37 Å². The zero-order valence-corrected chi connectivity index (χ0v) is 11.9. The van der Waals surface area contributed by atoms with Gasteiger partial charge in [0, 0.05) is 17.0 Å². The fourth-order valence-electron chi connectivity index (χ4n) is 1.71. The summed E-state index contributed by atoms with van der Waals surface area (Å²) in [5, 5.41) is 3.44. The van der Waals surface area contributed by atoms with Crippen LogP contribution in [0.1, 0.15) is 18.5 Å². The molecule has 1 aromatic carbocycles. The number of nitrogens with zero attached hydrogens (tertiary/aromatic N) is 1. The number of nitrogens with one attached hydrogen (secondary N) is 2. The first-order valence-electron chi connectivity index (χ1n) is 6.01. The van der Waals surface area contributed by atoms with E-state index in [1.807, 2.05) is 6.92 Å². The monoisotopic (exact) mass is 294 g/mol. The molecule has 5 nitrogen and oxygen atoms in total. The Morgan fingerprint density at radius 1 is 1.45 bits per heavy atom. The van der Waals surface area contributed by atoms with Crippen LogP contribution in [0.3, 0.4) is 0 Å². The summed E-state index contributed by atoms with van der Waals surface area (Å²) in [6.07, 6.45) is 0. The van der Waals surface area contributed by atoms with Crippen molar-refractivity contribution in [1.82, 2.24) is 15.3 Å². The quantitative estimate of drug-likeness (QED) is 0.750. The normalized spacial score (nSPS) is 12.3. The van der Waals surface area contributed by atoms with Crippen molar-refractivity contribution in [2.75, 3.05) is 12.8 Å². The van der Waals surface area contributed by atoms with Crippen molar-refractivity contribution >= 4 is 17.6 Å². The van der Waals surface area contributed by atoms with Gasteiger partial charge in [-0.2, -0.15) is 0 Å². The second-order valence-electron chi connectivity index (χ2n) is 4.27. The summed E-state index contributed by atoms with van der Waals surface area (Å²) in [7, 11) is 1.80. The number of H-pyrrole nitrogens is 1. The highest BCUT2D eigenvalue weighted by atomic mass is 32.2. The summed E-state index contributed by atoms with van der Waals surface area (Å²) < 4.78 is 13.4. The molecule has 2 aromatic rings. The third-order valence-corrected chi connectivity index (χ3v) is 3.80. The number of benzene rings is 1. The van der Waals surface area contributed by atoms with Gasteiger partial charge in [0.05, 0.1) is 0 Å². The van der Waals surface area contributed by atoms with Crippen LogP contribution in [0.5, 0.6) is 0 Å². The summed E-state index contributed by atoms with van der Waals surface area (Å²) in [5.74, 6) is -0.151. The van der Waals surface area contributed by atoms with Gasteiger partial charge in [0.2, 0.25) is 0 Å². The van der Waals surface area contributed by atoms with Gasteiger partial charge in [0.15, 0.2) is 5.16 Å². The van der Waals surface area contributed by atoms with Gasteiger partial charge < -0.3 is 16.0 Å². The minimum atomic E-state index is -0.315. The highest BCUT2D eigenvalue weighted by Crippen LogP contribution is 2.31. The number of rotatable bonds is 4. The molecule has 0 aliphatic rings. The summed E-state index contributed by atoms with van der Waals surface area (Å²) >= 11 is 1.24. The van der Waals surface area contributed by atoms with Gasteiger partial charge in [-0.15, -0.1) is 0 Å². The first-order chi connectivity index (χ1) is 9.49. The van der Waals surface area contributed by atoms with Crippen LogP contribution in [-0.4, -0.2) is 17.0 Å². The Morgan fingerprint density at radius 2 is 2.20 bits per heavy atom. The lowest BCUT2D eigenvalue weighted by atomic mass is 10.1. The predicted octanol–water partition coefficient (Wildman–Crippen LogP) is 1.92. The molecule has 7 heteroatoms. The Kier molecular flexibility index (Phi) is 4.41. The van der Waals surface area contributed by atoms with Gasteiger partial charge in [0.1, 0.15) is 11.6 Å². The number of nitrogen functional groups attached to an aromatic ring is 1. The fraction of sp³-hybridized carbons (Fsp3) is 0.231. The summed E-state index contributed by atoms with van der Waals surface area (Å²) in [5.41, 5.74) is 6.02. The minimum Gasteiger partial charge on any atom is -0.383 e. The number of hydrogen-bond donors (Lipinski definition) is 3. The average molecular weight is 294 g/mol. The van der Waals surface area contributed by atoms with Crippen molar-refractivity contribution in [1.29, 1.82) is 0 Å². The maximum Gasteiger partial charge on any atom is 0.253 e. The summed E-state index contributed by atoms with van der Waals surface area (Å²) in [6, 6.07) is 5.69. The van der Waals surface area contributed by atoms with Crippen LogP contribution in [0, 0.1) is 5.82 Å². The molecule has 20 heavy (non-hydrogen) atoms. The van der Waals surface area contributed by atoms with E-state index in [9.17, 15) is 9.18 Å². The maximum absolute atomic E-state index is 13.4. The van der Waals surface area contributed by atoms with E-state index in [-0.39, 0.29) is 23.2 Å². The second kappa shape index (κ2) is 6.06. The van der Waals surface area contributed by atoms with Crippen LogP contribution in [-0.2, 0) is 0 Å². The zero-order valence-electron chi connectivity index (χ0n) is 11.1. The largest absolute Gasteiger partial charge is 0.383 e. The van der Waals surface area contributed by atoms with Crippen LogP contribution in [0.25, 0.3) is 0 Å². The van der Waals surface area contributed by atoms with E-state index in [1.165, 1.54) is 30.0 Å². The standard InChI is InChI=1S/C13H15FN4OS/c1-7(16-2)9-5-8(14)3-4-10(9)20-13-17-11(15)6-12(19)18-13/h3-7,16H,1-2H3,(H3,15,17,18,19). The van der Waals surface area contributed by atoms with Crippen LogP contribution < -0.4 is 16.6 Å². The van der Waals surface area contributed by atoms with Crippen LogP contribution in [0.4, 0.5) is 10.2 Å². The van der Waals surface area contributed by atoms with Gasteiger partial charge in [-0.3, -0.25) is 4.79 Å². The number of nitrogens with two attached hydrogens (primary N) is 1. The first kappa shape index (κ1) is 14.5. The molecule has 1 unspecified atom stereocenters. The molecular formula is C13H15FN4OS. The van der Waals surface area contributed by atoms with Crippen molar-refractivity contribution in [2.45, 2.75) is 23.0 Å². The first-order valence-corrected chi connectivity index (χ1v) is 6.82. The number of anilines is 1. The Morgan fingerprint density at radius 3 is 2.85 bits per heavy atom. The van der Waals surface area contributed by atoms with Crippen molar-refractivity contribution in [2.24, 2.45) is 0 Å². The lowest BCUT2D eigenvalue weighted by Gasteiger charge is -2.15. The summed E-state index contributed by atoms with van der Waals surface area (Å²) in [6.45, 7) is 1.92. The molecule has 0 amide bonds. The van der Waals surface area contributed by atoms with Gasteiger partial charge >= 0.3 is 0 Å². The molecule has 0 bridgehead atoms. The van der Waals surface area contributed by atoms with E-state index in [0.717, 1.165) is 10.5 Å². The van der Waals surface area contributed by atoms with E-state index < -0.39 is 0 Å². The molecule has 0 aliphatic carbocycles. The lowest BCUT2D eigenvalue weighted by Crippen LogP contribution is -2.14. The Labute approximate surface area is 119 Å². The molecule has 0 spiro atoms. The van der Waals surface area contributed by atoms with Gasteiger partial charge in [-0.1, -0.05) is 11.8 Å². The Balaban J connectivity index is 2.40. The molecule has 1 atom stereocenters. The van der Waals surface area contributed by atoms with Crippen molar-refractivity contribution in [3.63, 3.8) is 0 Å². The third-order valence-electron chi connectivity index (χ3n) is 2.82. The number of halogens is 1. The molecule has 106 valence electrons. The van der Waals surface area contributed by atoms with E-state index in [1.54, 1.807) is 13.1 Å². The lowest BCUT2D eigenvalue weighted by molar-refractivity contribution is 0.601. The minimum absolute atomic E-state index is 0.0269. The smallest absolute Gasteiger partial charge is 0.253 e. The van der Waals surface area contributed by atoms with Crippen molar-refractivity contribution < 1.29 is 4.39 Å². The van der Waals surface area contributed by atoms with Crippen LogP contribution in [0.15, 0.2) is 39.1 Å². The zero-order chi connectivity index (χ0) is 14.7. The van der Waals surface area contributed by atoms with Crippen molar-refractivity contribution in [3.05, 3.63) is 46.0 Å². The predicted molar refractivity (Wildman–Crippen MR) is 77.3 cm³/mol. The van der Waals surface area contributed by atoms with Gasteiger partial charge in [0.25, 0.3) is 5.56 Å². The number of aromatic nitrogens is 2. The maximum atomic E-state index is 13.4. The van der Waals surface area contributed by atoms with E-state index in [4.69, 9.17) is 5.73 Å². The molecule has 2 rings (SSSR count). The average Bonchev–Trinajstić information content (AvgIpc) is 2.38. The molecule has 1 heterocycles. The van der Waals surface area contributed by atoms with Crippen molar-refractivity contribution in [3.8, 4) is 0 Å². The van der Waals surface area contributed by atoms with E-state index >= 15 is 0 Å². The second-order valence-corrected chi connectivity index (χ2v) is 5.30. The Bertz CT molecular complexity index is 674. The van der Waals surface area contributed by atoms with E-state index in [0.29, 0.717) is 5.16 Å². The third kappa shape index (κ3) is 3.37. The molecular weight excluding hydrogens is 279 g/mol. The van der Waals surface area contributed by atoms with E-state index in [2.05, 4.69) is 15.3 Å². The van der Waals surface area contributed by atoms with Crippen LogP contribution >= 0.6 is 11.8 Å². The molecule has 4 N–H and O–H groups in total. The number of aromatic amines is 1. The van der Waals surface area contributed by atoms with Gasteiger partial charge in [-0.05, 0) is 37.7 Å². The Hall–Kier alpha value is -1.86. The molecule has 0 saturated heterocycles. The molecule has 1 aromatic heterocycles. The highest BCUT2D eigenvalue weighted by Gasteiger charge is 2.12. The summed E-state index contributed by atoms with van der Waals surface area (Å²) in [4.78, 5) is 18.8.